The monoisotopic (exact) mass is 272 g/mol. The van der Waals surface area contributed by atoms with Crippen LogP contribution in [0.3, 0.4) is 0 Å². The lowest BCUT2D eigenvalue weighted by molar-refractivity contribution is 0.171. The van der Waals surface area contributed by atoms with Crippen LogP contribution in [0.25, 0.3) is 0 Å². The molecule has 1 unspecified atom stereocenters. The standard InChI is InChI=1S/C16H16O4/c1-10-4-3-5-11(6-10)15(17)12-7-13(18-2)16-14(8-12)19-9-20-16/h3-8,15,17H,9H2,1-2H3. The largest absolute Gasteiger partial charge is 0.493 e. The second kappa shape index (κ2) is 5.06. The predicted molar refractivity (Wildman–Crippen MR) is 74.4 cm³/mol. The number of rotatable bonds is 3. The second-order valence-corrected chi connectivity index (χ2v) is 4.77. The minimum absolute atomic E-state index is 0.176. The molecule has 0 amide bonds. The van der Waals surface area contributed by atoms with E-state index in [1.165, 1.54) is 0 Å². The molecule has 0 spiro atoms. The highest BCUT2D eigenvalue weighted by atomic mass is 16.7. The van der Waals surface area contributed by atoms with Gasteiger partial charge in [0.25, 0.3) is 0 Å². The van der Waals surface area contributed by atoms with Gasteiger partial charge in [-0.15, -0.1) is 0 Å². The fourth-order valence-corrected chi connectivity index (χ4v) is 2.34. The molecule has 1 heterocycles. The Kier molecular flexibility index (Phi) is 3.24. The maximum atomic E-state index is 10.5. The fraction of sp³-hybridized carbons (Fsp3) is 0.250. The molecular weight excluding hydrogens is 256 g/mol. The zero-order valence-corrected chi connectivity index (χ0v) is 11.4. The lowest BCUT2D eigenvalue weighted by atomic mass is 9.99. The number of aryl methyl sites for hydroxylation is 1. The molecule has 1 N–H and O–H groups in total. The van der Waals surface area contributed by atoms with Crippen LogP contribution in [0.1, 0.15) is 22.8 Å². The van der Waals surface area contributed by atoms with Crippen molar-refractivity contribution in [3.05, 3.63) is 53.1 Å². The summed E-state index contributed by atoms with van der Waals surface area (Å²) < 4.78 is 16.0. The Morgan fingerprint density at radius 3 is 2.75 bits per heavy atom. The highest BCUT2D eigenvalue weighted by molar-refractivity contribution is 5.56. The van der Waals surface area contributed by atoms with Gasteiger partial charge in [-0.1, -0.05) is 29.8 Å². The average Bonchev–Trinajstić information content (AvgIpc) is 2.93. The molecule has 1 atom stereocenters. The quantitative estimate of drug-likeness (QED) is 0.933. The normalized spacial score (nSPS) is 14.2. The number of aliphatic hydroxyl groups excluding tert-OH is 1. The predicted octanol–water partition coefficient (Wildman–Crippen LogP) is 2.81. The Morgan fingerprint density at radius 2 is 2.00 bits per heavy atom. The van der Waals surface area contributed by atoms with Crippen molar-refractivity contribution in [2.75, 3.05) is 13.9 Å². The summed E-state index contributed by atoms with van der Waals surface area (Å²) in [7, 11) is 1.57. The van der Waals surface area contributed by atoms with Crippen LogP contribution in [0.5, 0.6) is 17.2 Å². The molecule has 0 aliphatic carbocycles. The Hall–Kier alpha value is -2.20. The van der Waals surface area contributed by atoms with Crippen molar-refractivity contribution in [2.45, 2.75) is 13.0 Å². The molecule has 0 saturated carbocycles. The number of benzene rings is 2. The molecular formula is C16H16O4. The zero-order valence-electron chi connectivity index (χ0n) is 11.4. The molecule has 1 aliphatic rings. The van der Waals surface area contributed by atoms with E-state index in [1.54, 1.807) is 19.2 Å². The van der Waals surface area contributed by atoms with Crippen LogP contribution >= 0.6 is 0 Å². The van der Waals surface area contributed by atoms with Crippen LogP contribution in [-0.2, 0) is 0 Å². The van der Waals surface area contributed by atoms with E-state index in [-0.39, 0.29) is 6.79 Å². The minimum Gasteiger partial charge on any atom is -0.493 e. The molecule has 2 aromatic carbocycles. The molecule has 2 aromatic rings. The summed E-state index contributed by atoms with van der Waals surface area (Å²) in [6.07, 6.45) is -0.724. The van der Waals surface area contributed by atoms with Gasteiger partial charge in [-0.3, -0.25) is 0 Å². The summed E-state index contributed by atoms with van der Waals surface area (Å²) >= 11 is 0. The first kappa shape index (κ1) is 12.8. The first-order valence-electron chi connectivity index (χ1n) is 6.41. The Balaban J connectivity index is 2.02. The lowest BCUT2D eigenvalue weighted by Gasteiger charge is -2.14. The van der Waals surface area contributed by atoms with Crippen LogP contribution in [0.15, 0.2) is 36.4 Å². The van der Waals surface area contributed by atoms with Gasteiger partial charge in [-0.2, -0.15) is 0 Å². The van der Waals surface area contributed by atoms with E-state index in [0.717, 1.165) is 16.7 Å². The van der Waals surface area contributed by atoms with Crippen molar-refractivity contribution >= 4 is 0 Å². The highest BCUT2D eigenvalue weighted by Gasteiger charge is 2.23. The van der Waals surface area contributed by atoms with Gasteiger partial charge in [0.1, 0.15) is 6.10 Å². The molecule has 4 nitrogen and oxygen atoms in total. The van der Waals surface area contributed by atoms with Gasteiger partial charge >= 0.3 is 0 Å². The van der Waals surface area contributed by atoms with E-state index in [9.17, 15) is 5.11 Å². The molecule has 0 saturated heterocycles. The van der Waals surface area contributed by atoms with E-state index >= 15 is 0 Å². The van der Waals surface area contributed by atoms with Crippen LogP contribution in [0, 0.1) is 6.92 Å². The zero-order chi connectivity index (χ0) is 14.1. The van der Waals surface area contributed by atoms with Crippen LogP contribution in [0.4, 0.5) is 0 Å². The van der Waals surface area contributed by atoms with Gasteiger partial charge in [0.15, 0.2) is 11.5 Å². The molecule has 1 aliphatic heterocycles. The number of methoxy groups -OCH3 is 1. The van der Waals surface area contributed by atoms with E-state index in [2.05, 4.69) is 0 Å². The minimum atomic E-state index is -0.724. The SMILES string of the molecule is COc1cc(C(O)c2cccc(C)c2)cc2c1OCO2. The summed E-state index contributed by atoms with van der Waals surface area (Å²) in [4.78, 5) is 0. The van der Waals surface area contributed by atoms with E-state index < -0.39 is 6.10 Å². The van der Waals surface area contributed by atoms with Gasteiger partial charge in [0.2, 0.25) is 12.5 Å². The molecule has 104 valence electrons. The molecule has 3 rings (SSSR count). The third kappa shape index (κ3) is 2.18. The summed E-state index contributed by atoms with van der Waals surface area (Å²) in [5, 5.41) is 10.5. The topological polar surface area (TPSA) is 47.9 Å². The van der Waals surface area contributed by atoms with Crippen molar-refractivity contribution in [2.24, 2.45) is 0 Å². The third-order valence-corrected chi connectivity index (χ3v) is 3.35. The first-order chi connectivity index (χ1) is 9.69. The average molecular weight is 272 g/mol. The van der Waals surface area contributed by atoms with Gasteiger partial charge in [-0.25, -0.2) is 0 Å². The Bertz CT molecular complexity index is 636. The smallest absolute Gasteiger partial charge is 0.231 e. The van der Waals surface area contributed by atoms with Gasteiger partial charge in [0.05, 0.1) is 7.11 Å². The molecule has 0 fully saturated rings. The molecule has 0 aromatic heterocycles. The highest BCUT2D eigenvalue weighted by Crippen LogP contribution is 2.43. The van der Waals surface area contributed by atoms with Crippen molar-refractivity contribution < 1.29 is 19.3 Å². The fourth-order valence-electron chi connectivity index (χ4n) is 2.34. The summed E-state index contributed by atoms with van der Waals surface area (Å²) in [5.74, 6) is 1.76. The number of fused-ring (bicyclic) bond motifs is 1. The first-order valence-corrected chi connectivity index (χ1v) is 6.41. The maximum absolute atomic E-state index is 10.5. The molecule has 0 radical (unpaired) electrons. The number of hydrogen-bond donors (Lipinski definition) is 1. The maximum Gasteiger partial charge on any atom is 0.231 e. The van der Waals surface area contributed by atoms with Crippen molar-refractivity contribution in [1.29, 1.82) is 0 Å². The van der Waals surface area contributed by atoms with Crippen molar-refractivity contribution in [3.8, 4) is 17.2 Å². The van der Waals surface area contributed by atoms with Crippen LogP contribution in [-0.4, -0.2) is 19.0 Å². The summed E-state index contributed by atoms with van der Waals surface area (Å²) in [6.45, 7) is 2.17. The Labute approximate surface area is 117 Å². The van der Waals surface area contributed by atoms with Crippen LogP contribution < -0.4 is 14.2 Å². The Morgan fingerprint density at radius 1 is 1.15 bits per heavy atom. The molecule has 0 bridgehead atoms. The van der Waals surface area contributed by atoms with Gasteiger partial charge in [0, 0.05) is 0 Å². The van der Waals surface area contributed by atoms with E-state index in [0.29, 0.717) is 17.2 Å². The van der Waals surface area contributed by atoms with E-state index in [4.69, 9.17) is 14.2 Å². The summed E-state index contributed by atoms with van der Waals surface area (Å²) in [6, 6.07) is 11.4. The summed E-state index contributed by atoms with van der Waals surface area (Å²) in [5.41, 5.74) is 2.66. The van der Waals surface area contributed by atoms with Crippen molar-refractivity contribution in [1.82, 2.24) is 0 Å². The van der Waals surface area contributed by atoms with Gasteiger partial charge in [-0.05, 0) is 30.2 Å². The third-order valence-electron chi connectivity index (χ3n) is 3.35. The second-order valence-electron chi connectivity index (χ2n) is 4.77. The van der Waals surface area contributed by atoms with Gasteiger partial charge < -0.3 is 19.3 Å². The number of aliphatic hydroxyl groups is 1. The van der Waals surface area contributed by atoms with Crippen LogP contribution in [0.2, 0.25) is 0 Å². The number of hydrogen-bond acceptors (Lipinski definition) is 4. The number of ether oxygens (including phenoxy) is 3. The van der Waals surface area contributed by atoms with Crippen molar-refractivity contribution in [3.63, 3.8) is 0 Å². The van der Waals surface area contributed by atoms with E-state index in [1.807, 2.05) is 31.2 Å². The lowest BCUT2D eigenvalue weighted by Crippen LogP contribution is -2.01. The molecule has 4 heteroatoms. The molecule has 20 heavy (non-hydrogen) atoms.